The van der Waals surface area contributed by atoms with Crippen molar-refractivity contribution < 1.29 is 19.1 Å². The van der Waals surface area contributed by atoms with Crippen LogP contribution in [0.25, 0.3) is 0 Å². The molecule has 3 heterocycles. The number of anilines is 2. The number of imide groups is 1. The van der Waals surface area contributed by atoms with Gasteiger partial charge in [0.25, 0.3) is 0 Å². The first-order valence-electron chi connectivity index (χ1n) is 11.3. The van der Waals surface area contributed by atoms with Gasteiger partial charge in [-0.1, -0.05) is 0 Å². The van der Waals surface area contributed by atoms with Gasteiger partial charge in [-0.15, -0.1) is 0 Å². The smallest absolute Gasteiger partial charge is 0.410 e. The Morgan fingerprint density at radius 1 is 1.00 bits per heavy atom. The molecule has 9 nitrogen and oxygen atoms in total. The van der Waals surface area contributed by atoms with Crippen molar-refractivity contribution in [3.63, 3.8) is 0 Å². The van der Waals surface area contributed by atoms with Crippen molar-refractivity contribution in [3.8, 4) is 0 Å². The van der Waals surface area contributed by atoms with Gasteiger partial charge in [0.05, 0.1) is 0 Å². The zero-order chi connectivity index (χ0) is 22.9. The molecule has 1 aromatic carbocycles. The van der Waals surface area contributed by atoms with Crippen molar-refractivity contribution in [2.45, 2.75) is 32.8 Å². The Hall–Kier alpha value is -2.81. The fourth-order valence-corrected chi connectivity index (χ4v) is 4.37. The minimum absolute atomic E-state index is 0.212. The molecule has 32 heavy (non-hydrogen) atoms. The second-order valence-corrected chi connectivity index (χ2v) is 9.81. The van der Waals surface area contributed by atoms with Crippen LogP contribution >= 0.6 is 0 Å². The minimum Gasteiger partial charge on any atom is -0.444 e. The first-order valence-corrected chi connectivity index (χ1v) is 11.3. The van der Waals surface area contributed by atoms with Crippen molar-refractivity contribution >= 4 is 29.4 Å². The molecule has 0 atom stereocenters. The molecule has 9 heteroatoms. The Morgan fingerprint density at radius 3 is 2.22 bits per heavy atom. The van der Waals surface area contributed by atoms with Crippen LogP contribution in [0.4, 0.5) is 21.0 Å². The average Bonchev–Trinajstić information content (AvgIpc) is 2.70. The topological polar surface area (TPSA) is 85.4 Å². The van der Waals surface area contributed by atoms with Gasteiger partial charge in [-0.25, -0.2) is 9.59 Å². The molecule has 174 valence electrons. The Morgan fingerprint density at radius 2 is 1.62 bits per heavy atom. The van der Waals surface area contributed by atoms with E-state index in [1.807, 2.05) is 45.0 Å². The minimum atomic E-state index is -0.448. The van der Waals surface area contributed by atoms with Crippen molar-refractivity contribution in [3.05, 3.63) is 24.3 Å². The van der Waals surface area contributed by atoms with Crippen molar-refractivity contribution in [2.24, 2.45) is 5.92 Å². The molecule has 0 spiro atoms. The summed E-state index contributed by atoms with van der Waals surface area (Å²) in [6, 6.07) is 7.61. The number of carbonyl (C=O) groups excluding carboxylic acids is 3. The molecule has 0 saturated carbocycles. The molecule has 4 rings (SSSR count). The molecule has 3 aliphatic rings. The Balaban J connectivity index is 1.20. The Bertz CT molecular complexity index is 852. The SMILES string of the molecule is CC(C)(C)OC(=O)N1CC(CN2CCN(c3ccc(N4CCC(=O)NC4=O)cc3)CC2)C1. The van der Waals surface area contributed by atoms with E-state index < -0.39 is 5.60 Å². The second-order valence-electron chi connectivity index (χ2n) is 9.81. The predicted octanol–water partition coefficient (Wildman–Crippen LogP) is 2.12. The Labute approximate surface area is 189 Å². The fourth-order valence-electron chi connectivity index (χ4n) is 4.37. The number of likely N-dealkylation sites (tertiary alicyclic amines) is 1. The lowest BCUT2D eigenvalue weighted by Crippen LogP contribution is -2.57. The lowest BCUT2D eigenvalue weighted by molar-refractivity contribution is -0.120. The highest BCUT2D eigenvalue weighted by atomic mass is 16.6. The van der Waals surface area contributed by atoms with Crippen LogP contribution in [0.5, 0.6) is 0 Å². The summed E-state index contributed by atoms with van der Waals surface area (Å²) in [6.07, 6.45) is 0.113. The number of nitrogens with zero attached hydrogens (tertiary/aromatic N) is 4. The van der Waals surface area contributed by atoms with E-state index in [0.717, 1.165) is 57.2 Å². The van der Waals surface area contributed by atoms with E-state index in [4.69, 9.17) is 4.74 Å². The molecule has 0 unspecified atom stereocenters. The average molecular weight is 444 g/mol. The Kier molecular flexibility index (Phi) is 6.28. The number of carbonyl (C=O) groups is 3. The van der Waals surface area contributed by atoms with Gasteiger partial charge in [-0.2, -0.15) is 0 Å². The number of piperazine rings is 1. The summed E-state index contributed by atoms with van der Waals surface area (Å²) in [5, 5.41) is 2.36. The summed E-state index contributed by atoms with van der Waals surface area (Å²) < 4.78 is 5.43. The van der Waals surface area contributed by atoms with Gasteiger partial charge in [-0.05, 0) is 45.0 Å². The molecule has 0 aliphatic carbocycles. The normalized spacial score (nSPS) is 20.8. The zero-order valence-corrected chi connectivity index (χ0v) is 19.2. The maximum absolute atomic E-state index is 12.1. The quantitative estimate of drug-likeness (QED) is 0.767. The van der Waals surface area contributed by atoms with E-state index >= 15 is 0 Å². The van der Waals surface area contributed by atoms with E-state index in [1.54, 1.807) is 9.80 Å². The fraction of sp³-hybridized carbons (Fsp3) is 0.609. The van der Waals surface area contributed by atoms with Crippen LogP contribution in [0, 0.1) is 5.92 Å². The van der Waals surface area contributed by atoms with Gasteiger partial charge in [0.1, 0.15) is 5.60 Å². The zero-order valence-electron chi connectivity index (χ0n) is 19.2. The number of ether oxygens (including phenoxy) is 1. The number of rotatable bonds is 4. The van der Waals surface area contributed by atoms with Crippen molar-refractivity contribution in [2.75, 3.05) is 62.2 Å². The molecule has 0 bridgehead atoms. The predicted molar refractivity (Wildman–Crippen MR) is 122 cm³/mol. The van der Waals surface area contributed by atoms with Gasteiger partial charge in [0.15, 0.2) is 0 Å². The summed E-state index contributed by atoms with van der Waals surface area (Å²) in [7, 11) is 0. The van der Waals surface area contributed by atoms with Gasteiger partial charge in [0.2, 0.25) is 5.91 Å². The molecule has 1 N–H and O–H groups in total. The number of benzene rings is 1. The summed E-state index contributed by atoms with van der Waals surface area (Å²) >= 11 is 0. The van der Waals surface area contributed by atoms with E-state index in [0.29, 0.717) is 18.9 Å². The van der Waals surface area contributed by atoms with Crippen LogP contribution in [-0.2, 0) is 9.53 Å². The van der Waals surface area contributed by atoms with E-state index in [-0.39, 0.29) is 18.0 Å². The maximum Gasteiger partial charge on any atom is 0.410 e. The summed E-state index contributed by atoms with van der Waals surface area (Å²) in [5.41, 5.74) is 1.49. The molecule has 3 aliphatic heterocycles. The molecule has 3 saturated heterocycles. The lowest BCUT2D eigenvalue weighted by Gasteiger charge is -2.44. The summed E-state index contributed by atoms with van der Waals surface area (Å²) in [6.45, 7) is 12.5. The van der Waals surface area contributed by atoms with Gasteiger partial charge >= 0.3 is 12.1 Å². The van der Waals surface area contributed by atoms with Gasteiger partial charge < -0.3 is 14.5 Å². The van der Waals surface area contributed by atoms with Gasteiger partial charge in [0, 0.05) is 76.1 Å². The number of amides is 4. The second kappa shape index (κ2) is 8.97. The van der Waals surface area contributed by atoms with Crippen LogP contribution in [-0.4, -0.2) is 85.8 Å². The van der Waals surface area contributed by atoms with Crippen molar-refractivity contribution in [1.82, 2.24) is 15.1 Å². The third-order valence-corrected chi connectivity index (χ3v) is 6.08. The first kappa shape index (κ1) is 22.4. The van der Waals surface area contributed by atoms with E-state index in [9.17, 15) is 14.4 Å². The van der Waals surface area contributed by atoms with Crippen LogP contribution in [0.3, 0.4) is 0 Å². The molecule has 3 fully saturated rings. The molecule has 4 amide bonds. The molecular weight excluding hydrogens is 410 g/mol. The van der Waals surface area contributed by atoms with Gasteiger partial charge in [-0.3, -0.25) is 19.9 Å². The lowest BCUT2D eigenvalue weighted by atomic mass is 10.00. The largest absolute Gasteiger partial charge is 0.444 e. The monoisotopic (exact) mass is 443 g/mol. The number of hydrogen-bond donors (Lipinski definition) is 1. The molecule has 0 aromatic heterocycles. The number of hydrogen-bond acceptors (Lipinski definition) is 6. The highest BCUT2D eigenvalue weighted by molar-refractivity contribution is 6.05. The molecule has 0 radical (unpaired) electrons. The standard InChI is InChI=1S/C23H33N5O4/c1-23(2,3)32-22(31)27-15-17(16-27)14-25-10-12-26(13-11-25)18-4-6-19(7-5-18)28-9-8-20(29)24-21(28)30/h4-7,17H,8-16H2,1-3H3,(H,24,29,30). The summed E-state index contributed by atoms with van der Waals surface area (Å²) in [5.74, 6) is 0.288. The van der Waals surface area contributed by atoms with Crippen molar-refractivity contribution in [1.29, 1.82) is 0 Å². The third kappa shape index (κ3) is 5.32. The highest BCUT2D eigenvalue weighted by Gasteiger charge is 2.35. The maximum atomic E-state index is 12.1. The van der Waals surface area contributed by atoms with Crippen LogP contribution in [0.1, 0.15) is 27.2 Å². The number of nitrogens with one attached hydrogen (secondary N) is 1. The molecular formula is C23H33N5O4. The molecule has 1 aromatic rings. The summed E-state index contributed by atoms with van der Waals surface area (Å²) in [4.78, 5) is 43.6. The van der Waals surface area contributed by atoms with E-state index in [1.165, 1.54) is 0 Å². The van der Waals surface area contributed by atoms with Crippen LogP contribution in [0.15, 0.2) is 24.3 Å². The van der Waals surface area contributed by atoms with Crippen LogP contribution in [0.2, 0.25) is 0 Å². The third-order valence-electron chi connectivity index (χ3n) is 6.08. The number of urea groups is 1. The first-order chi connectivity index (χ1) is 15.2. The van der Waals surface area contributed by atoms with E-state index in [2.05, 4.69) is 15.1 Å². The van der Waals surface area contributed by atoms with Crippen LogP contribution < -0.4 is 15.1 Å². The highest BCUT2D eigenvalue weighted by Crippen LogP contribution is 2.25.